The average molecular weight is 413 g/mol. The summed E-state index contributed by atoms with van der Waals surface area (Å²) in [5.41, 5.74) is 4.21. The van der Waals surface area contributed by atoms with Crippen LogP contribution in [-0.2, 0) is 16.1 Å². The molecular formula is C21H21ClN4O3. The molecule has 0 saturated carbocycles. The Hall–Kier alpha value is -3.19. The third-order valence-corrected chi connectivity index (χ3v) is 4.71. The van der Waals surface area contributed by atoms with Gasteiger partial charge in [-0.3, -0.25) is 9.48 Å². The highest BCUT2D eigenvalue weighted by atomic mass is 35.5. The van der Waals surface area contributed by atoms with Crippen LogP contribution in [0.3, 0.4) is 0 Å². The lowest BCUT2D eigenvalue weighted by Crippen LogP contribution is -2.21. The van der Waals surface area contributed by atoms with Crippen LogP contribution in [0, 0.1) is 20.8 Å². The zero-order valence-corrected chi connectivity index (χ0v) is 17.2. The highest BCUT2D eigenvalue weighted by molar-refractivity contribution is 6.32. The maximum absolute atomic E-state index is 12.5. The summed E-state index contributed by atoms with van der Waals surface area (Å²) in [6.45, 7) is 5.68. The number of carbonyl (C=O) groups excluding carboxylic acids is 2. The van der Waals surface area contributed by atoms with Gasteiger partial charge in [0.25, 0.3) is 5.91 Å². The van der Waals surface area contributed by atoms with Gasteiger partial charge in [0.2, 0.25) is 0 Å². The summed E-state index contributed by atoms with van der Waals surface area (Å²) in [4.78, 5) is 28.4. The molecule has 0 spiro atoms. The van der Waals surface area contributed by atoms with Gasteiger partial charge in [0.1, 0.15) is 5.56 Å². The molecule has 7 nitrogen and oxygen atoms in total. The second-order valence-corrected chi connectivity index (χ2v) is 7.01. The fourth-order valence-electron chi connectivity index (χ4n) is 2.88. The summed E-state index contributed by atoms with van der Waals surface area (Å²) in [7, 11) is 0. The topological polar surface area (TPSA) is 86.1 Å². The quantitative estimate of drug-likeness (QED) is 0.492. The van der Waals surface area contributed by atoms with Crippen molar-refractivity contribution in [3.05, 3.63) is 75.8 Å². The fraction of sp³-hybridized carbons (Fsp3) is 0.238. The van der Waals surface area contributed by atoms with Crippen LogP contribution < -0.4 is 5.32 Å². The number of benzene rings is 1. The van der Waals surface area contributed by atoms with Gasteiger partial charge in [-0.1, -0.05) is 41.4 Å². The number of carbonyl (C=O) groups is 2. The van der Waals surface area contributed by atoms with Crippen LogP contribution in [0.1, 0.15) is 32.9 Å². The van der Waals surface area contributed by atoms with E-state index in [1.807, 2.05) is 31.2 Å². The first-order valence-electron chi connectivity index (χ1n) is 9.02. The molecule has 0 aliphatic heterocycles. The van der Waals surface area contributed by atoms with Gasteiger partial charge in [0.15, 0.2) is 11.8 Å². The van der Waals surface area contributed by atoms with Gasteiger partial charge in [-0.2, -0.15) is 5.10 Å². The van der Waals surface area contributed by atoms with Gasteiger partial charge < -0.3 is 10.1 Å². The van der Waals surface area contributed by atoms with Crippen molar-refractivity contribution in [1.82, 2.24) is 14.8 Å². The van der Waals surface area contributed by atoms with Crippen LogP contribution in [0.25, 0.3) is 0 Å². The zero-order valence-electron chi connectivity index (χ0n) is 16.4. The molecule has 0 aliphatic carbocycles. The lowest BCUT2D eigenvalue weighted by Gasteiger charge is -2.08. The van der Waals surface area contributed by atoms with Crippen LogP contribution in [-0.4, -0.2) is 33.2 Å². The van der Waals surface area contributed by atoms with E-state index in [1.54, 1.807) is 30.7 Å². The lowest BCUT2D eigenvalue weighted by molar-refractivity contribution is -0.119. The van der Waals surface area contributed by atoms with E-state index in [0.717, 1.165) is 5.56 Å². The molecule has 0 unspecified atom stereocenters. The predicted octanol–water partition coefficient (Wildman–Crippen LogP) is 3.70. The second kappa shape index (κ2) is 8.87. The average Bonchev–Trinajstić information content (AvgIpc) is 2.97. The summed E-state index contributed by atoms with van der Waals surface area (Å²) < 4.78 is 6.93. The number of amides is 1. The number of aromatic nitrogens is 3. The Morgan fingerprint density at radius 2 is 1.86 bits per heavy atom. The molecule has 0 bridgehead atoms. The number of nitrogens with one attached hydrogen (secondary N) is 1. The minimum atomic E-state index is -0.595. The molecule has 1 N–H and O–H groups in total. The van der Waals surface area contributed by atoms with Crippen molar-refractivity contribution in [2.24, 2.45) is 0 Å². The minimum absolute atomic E-state index is 0.163. The molecule has 0 saturated heterocycles. The number of halogens is 1. The first-order chi connectivity index (χ1) is 13.8. The Bertz CT molecular complexity index is 1040. The van der Waals surface area contributed by atoms with Gasteiger partial charge in [0, 0.05) is 6.20 Å². The molecule has 2 heterocycles. The molecule has 1 amide bonds. The Labute approximate surface area is 173 Å². The Morgan fingerprint density at radius 1 is 1.14 bits per heavy atom. The summed E-state index contributed by atoms with van der Waals surface area (Å²) in [5.74, 6) is -1.10. The number of rotatable bonds is 6. The predicted molar refractivity (Wildman–Crippen MR) is 110 cm³/mol. The van der Waals surface area contributed by atoms with Crippen molar-refractivity contribution in [3.63, 3.8) is 0 Å². The van der Waals surface area contributed by atoms with Gasteiger partial charge in [-0.05, 0) is 38.5 Å². The molecule has 2 aromatic heterocycles. The first kappa shape index (κ1) is 20.5. The van der Waals surface area contributed by atoms with E-state index in [2.05, 4.69) is 15.4 Å². The third kappa shape index (κ3) is 5.00. The second-order valence-electron chi connectivity index (χ2n) is 6.66. The Morgan fingerprint density at radius 3 is 2.55 bits per heavy atom. The third-order valence-electron chi connectivity index (χ3n) is 4.41. The first-order valence-corrected chi connectivity index (χ1v) is 9.40. The van der Waals surface area contributed by atoms with Crippen LogP contribution in [0.2, 0.25) is 5.15 Å². The number of hydrogen-bond donors (Lipinski definition) is 1. The molecule has 0 radical (unpaired) electrons. The molecule has 3 aromatic rings. The molecule has 0 aliphatic rings. The standard InChI is InChI=1S/C21H21ClN4O3/c1-13-6-8-16(9-7-13)11-26-15(3)19(14(2)25-26)21(28)29-12-18(27)24-17-5-4-10-23-20(17)22/h4-10H,11-12H2,1-3H3,(H,24,27). The zero-order chi connectivity index (χ0) is 21.0. The van der Waals surface area contributed by atoms with Gasteiger partial charge in [0.05, 0.1) is 23.6 Å². The van der Waals surface area contributed by atoms with Crippen molar-refractivity contribution in [2.45, 2.75) is 27.3 Å². The van der Waals surface area contributed by atoms with Crippen LogP contribution in [0.4, 0.5) is 5.69 Å². The van der Waals surface area contributed by atoms with Crippen molar-refractivity contribution in [1.29, 1.82) is 0 Å². The smallest absolute Gasteiger partial charge is 0.342 e. The van der Waals surface area contributed by atoms with Crippen LogP contribution in [0.15, 0.2) is 42.6 Å². The normalized spacial score (nSPS) is 10.6. The van der Waals surface area contributed by atoms with Crippen molar-refractivity contribution >= 4 is 29.2 Å². The Kier molecular flexibility index (Phi) is 6.29. The van der Waals surface area contributed by atoms with E-state index in [0.29, 0.717) is 29.2 Å². The molecule has 150 valence electrons. The summed E-state index contributed by atoms with van der Waals surface area (Å²) in [5, 5.41) is 7.17. The largest absolute Gasteiger partial charge is 0.452 e. The molecule has 8 heteroatoms. The Balaban J connectivity index is 1.64. The number of pyridine rings is 1. The maximum Gasteiger partial charge on any atom is 0.342 e. The number of hydrogen-bond acceptors (Lipinski definition) is 5. The number of nitrogens with zero attached hydrogens (tertiary/aromatic N) is 3. The maximum atomic E-state index is 12.5. The number of anilines is 1. The van der Waals surface area contributed by atoms with Gasteiger partial charge >= 0.3 is 5.97 Å². The number of esters is 1. The van der Waals surface area contributed by atoms with E-state index in [1.165, 1.54) is 11.8 Å². The number of ether oxygens (including phenoxy) is 1. The van der Waals surface area contributed by atoms with Crippen molar-refractivity contribution in [3.8, 4) is 0 Å². The van der Waals surface area contributed by atoms with E-state index in [-0.39, 0.29) is 5.15 Å². The van der Waals surface area contributed by atoms with Crippen molar-refractivity contribution in [2.75, 3.05) is 11.9 Å². The summed E-state index contributed by atoms with van der Waals surface area (Å²) in [6, 6.07) is 11.4. The minimum Gasteiger partial charge on any atom is -0.452 e. The van der Waals surface area contributed by atoms with E-state index in [4.69, 9.17) is 16.3 Å². The molecule has 3 rings (SSSR count). The molecular weight excluding hydrogens is 392 g/mol. The highest BCUT2D eigenvalue weighted by Crippen LogP contribution is 2.18. The monoisotopic (exact) mass is 412 g/mol. The molecule has 29 heavy (non-hydrogen) atoms. The molecule has 0 fully saturated rings. The van der Waals surface area contributed by atoms with E-state index >= 15 is 0 Å². The van der Waals surface area contributed by atoms with Crippen LogP contribution in [0.5, 0.6) is 0 Å². The SMILES string of the molecule is Cc1ccc(Cn2nc(C)c(C(=O)OCC(=O)Nc3cccnc3Cl)c2C)cc1. The summed E-state index contributed by atoms with van der Waals surface area (Å²) >= 11 is 5.90. The van der Waals surface area contributed by atoms with Gasteiger partial charge in [-0.25, -0.2) is 9.78 Å². The van der Waals surface area contributed by atoms with E-state index < -0.39 is 18.5 Å². The number of aryl methyl sites for hydroxylation is 2. The van der Waals surface area contributed by atoms with E-state index in [9.17, 15) is 9.59 Å². The lowest BCUT2D eigenvalue weighted by atomic mass is 10.1. The molecule has 0 atom stereocenters. The fourth-order valence-corrected chi connectivity index (χ4v) is 3.05. The van der Waals surface area contributed by atoms with Crippen LogP contribution >= 0.6 is 11.6 Å². The van der Waals surface area contributed by atoms with Crippen molar-refractivity contribution < 1.29 is 14.3 Å². The summed E-state index contributed by atoms with van der Waals surface area (Å²) in [6.07, 6.45) is 1.51. The molecule has 1 aromatic carbocycles. The van der Waals surface area contributed by atoms with Gasteiger partial charge in [-0.15, -0.1) is 0 Å². The highest BCUT2D eigenvalue weighted by Gasteiger charge is 2.21.